The van der Waals surface area contributed by atoms with Crippen molar-refractivity contribution in [1.29, 1.82) is 0 Å². The van der Waals surface area contributed by atoms with Crippen LogP contribution in [0.4, 0.5) is 0 Å². The molecule has 1 saturated carbocycles. The Morgan fingerprint density at radius 2 is 2.00 bits per heavy atom. The summed E-state index contributed by atoms with van der Waals surface area (Å²) >= 11 is 0. The summed E-state index contributed by atoms with van der Waals surface area (Å²) in [6.07, 6.45) is 9.69. The second-order valence-electron chi connectivity index (χ2n) is 6.93. The van der Waals surface area contributed by atoms with Gasteiger partial charge < -0.3 is 9.80 Å². The van der Waals surface area contributed by atoms with Crippen LogP contribution in [0, 0.1) is 0 Å². The third-order valence-electron chi connectivity index (χ3n) is 5.58. The van der Waals surface area contributed by atoms with Crippen molar-refractivity contribution in [2.75, 3.05) is 26.3 Å². The van der Waals surface area contributed by atoms with Crippen LogP contribution >= 0.6 is 0 Å². The first-order valence-electron chi connectivity index (χ1n) is 8.50. The summed E-state index contributed by atoms with van der Waals surface area (Å²) in [6.45, 7) is 6.44. The highest BCUT2D eigenvalue weighted by molar-refractivity contribution is 5.88. The molecule has 4 heteroatoms. The molecule has 0 aromatic carbocycles. The van der Waals surface area contributed by atoms with Crippen LogP contribution in [0.25, 0.3) is 0 Å². The van der Waals surface area contributed by atoms with Gasteiger partial charge in [0.1, 0.15) is 0 Å². The molecule has 4 nitrogen and oxygen atoms in total. The lowest BCUT2D eigenvalue weighted by molar-refractivity contribution is -0.132. The van der Waals surface area contributed by atoms with Crippen molar-refractivity contribution in [3.8, 4) is 0 Å². The second kappa shape index (κ2) is 6.02. The molecule has 3 aliphatic rings. The quantitative estimate of drug-likeness (QED) is 0.854. The summed E-state index contributed by atoms with van der Waals surface area (Å²) in [6, 6.07) is 0.734. The van der Waals surface area contributed by atoms with E-state index in [1.54, 1.807) is 0 Å². The largest absolute Gasteiger partial charge is 0.328 e. The normalized spacial score (nSPS) is 30.6. The highest BCUT2D eigenvalue weighted by Gasteiger charge is 2.47. The Balaban J connectivity index is 1.44. The summed E-state index contributed by atoms with van der Waals surface area (Å²) in [5.74, 6) is 0.377. The lowest BCUT2D eigenvalue weighted by atomic mass is 9.98. The molecule has 114 valence electrons. The first-order valence-corrected chi connectivity index (χ1v) is 8.50. The average Bonchev–Trinajstić information content (AvgIpc) is 3.04. The van der Waals surface area contributed by atoms with Gasteiger partial charge in [-0.3, -0.25) is 10.1 Å². The number of hydrogen-bond donors (Lipinski definition) is 1. The zero-order chi connectivity index (χ0) is 14.0. The molecule has 20 heavy (non-hydrogen) atoms. The molecule has 2 aliphatic heterocycles. The molecule has 0 bridgehead atoms. The molecule has 0 aromatic rings. The monoisotopic (exact) mass is 279 g/mol. The van der Waals surface area contributed by atoms with Gasteiger partial charge in [0.15, 0.2) is 0 Å². The first-order chi connectivity index (χ1) is 9.71. The number of amides is 1. The van der Waals surface area contributed by atoms with Crippen LogP contribution in [0.5, 0.6) is 0 Å². The molecule has 2 saturated heterocycles. The van der Waals surface area contributed by atoms with Crippen molar-refractivity contribution in [2.24, 2.45) is 0 Å². The van der Waals surface area contributed by atoms with Gasteiger partial charge in [0, 0.05) is 19.1 Å². The Labute approximate surface area is 122 Å². The van der Waals surface area contributed by atoms with Crippen LogP contribution in [0.15, 0.2) is 0 Å². The molecule has 1 aliphatic carbocycles. The van der Waals surface area contributed by atoms with Gasteiger partial charge in [-0.1, -0.05) is 19.3 Å². The Morgan fingerprint density at radius 1 is 1.20 bits per heavy atom. The van der Waals surface area contributed by atoms with E-state index in [0.29, 0.717) is 5.91 Å². The highest BCUT2D eigenvalue weighted by Crippen LogP contribution is 2.34. The van der Waals surface area contributed by atoms with Crippen molar-refractivity contribution in [3.05, 3.63) is 0 Å². The third-order valence-corrected chi connectivity index (χ3v) is 5.58. The van der Waals surface area contributed by atoms with Crippen LogP contribution in [0.1, 0.15) is 58.3 Å². The zero-order valence-corrected chi connectivity index (χ0v) is 12.9. The topological polar surface area (TPSA) is 35.6 Å². The number of carbonyl (C=O) groups excluding carboxylic acids is 1. The first kappa shape index (κ1) is 14.3. The van der Waals surface area contributed by atoms with E-state index in [0.717, 1.165) is 45.1 Å². The van der Waals surface area contributed by atoms with E-state index in [-0.39, 0.29) is 5.54 Å². The fourth-order valence-electron chi connectivity index (χ4n) is 4.20. The van der Waals surface area contributed by atoms with E-state index in [4.69, 9.17) is 0 Å². The van der Waals surface area contributed by atoms with Gasteiger partial charge in [0.05, 0.1) is 12.2 Å². The molecule has 0 aromatic heterocycles. The van der Waals surface area contributed by atoms with Gasteiger partial charge in [0.25, 0.3) is 0 Å². The maximum absolute atomic E-state index is 12.5. The molecule has 1 amide bonds. The number of likely N-dealkylation sites (tertiary alicyclic amines) is 1. The van der Waals surface area contributed by atoms with Crippen LogP contribution in [-0.4, -0.2) is 53.6 Å². The summed E-state index contributed by atoms with van der Waals surface area (Å²) in [4.78, 5) is 17.2. The Bertz CT molecular complexity index is 352. The van der Waals surface area contributed by atoms with E-state index in [1.807, 2.05) is 0 Å². The maximum Gasteiger partial charge on any atom is 0.243 e. The van der Waals surface area contributed by atoms with Crippen LogP contribution < -0.4 is 5.32 Å². The molecular formula is C16H29N3O. The van der Waals surface area contributed by atoms with Crippen molar-refractivity contribution in [1.82, 2.24) is 15.1 Å². The third kappa shape index (κ3) is 2.73. The van der Waals surface area contributed by atoms with Crippen molar-refractivity contribution < 1.29 is 4.79 Å². The summed E-state index contributed by atoms with van der Waals surface area (Å²) in [5.41, 5.74) is -0.168. The van der Waals surface area contributed by atoms with Gasteiger partial charge in [0.2, 0.25) is 5.91 Å². The van der Waals surface area contributed by atoms with E-state index in [2.05, 4.69) is 22.0 Å². The van der Waals surface area contributed by atoms with E-state index in [9.17, 15) is 4.79 Å². The van der Waals surface area contributed by atoms with Crippen molar-refractivity contribution in [3.63, 3.8) is 0 Å². The van der Waals surface area contributed by atoms with Gasteiger partial charge in [-0.05, 0) is 45.6 Å². The molecular weight excluding hydrogens is 250 g/mol. The minimum atomic E-state index is -0.168. The Kier molecular flexibility index (Phi) is 4.32. The lowest BCUT2D eigenvalue weighted by Gasteiger charge is -2.33. The predicted octanol–water partition coefficient (Wildman–Crippen LogP) is 1.95. The van der Waals surface area contributed by atoms with Crippen LogP contribution in [0.3, 0.4) is 0 Å². The number of rotatable bonds is 4. The number of nitrogens with one attached hydrogen (secondary N) is 1. The van der Waals surface area contributed by atoms with E-state index < -0.39 is 0 Å². The van der Waals surface area contributed by atoms with Gasteiger partial charge in [-0.25, -0.2) is 0 Å². The molecule has 1 N–H and O–H groups in total. The van der Waals surface area contributed by atoms with Gasteiger partial charge in [-0.2, -0.15) is 0 Å². The highest BCUT2D eigenvalue weighted by atomic mass is 16.2. The predicted molar refractivity (Wildman–Crippen MR) is 80.4 cm³/mol. The Morgan fingerprint density at radius 3 is 2.75 bits per heavy atom. The van der Waals surface area contributed by atoms with Gasteiger partial charge >= 0.3 is 0 Å². The van der Waals surface area contributed by atoms with E-state index >= 15 is 0 Å². The molecule has 1 spiro atoms. The zero-order valence-electron chi connectivity index (χ0n) is 12.9. The minimum Gasteiger partial charge on any atom is -0.328 e. The SMILES string of the molecule is CC1CCCCN1CCCN1CNC2(CCCC2)C1=O. The fourth-order valence-corrected chi connectivity index (χ4v) is 4.20. The number of carbonyl (C=O) groups is 1. The Hall–Kier alpha value is -0.610. The maximum atomic E-state index is 12.5. The second-order valence-corrected chi connectivity index (χ2v) is 6.93. The summed E-state index contributed by atoms with van der Waals surface area (Å²) in [5, 5.41) is 3.49. The van der Waals surface area contributed by atoms with E-state index in [1.165, 1.54) is 38.6 Å². The molecule has 2 heterocycles. The minimum absolute atomic E-state index is 0.168. The molecule has 3 rings (SSSR count). The number of piperidine rings is 1. The van der Waals surface area contributed by atoms with Crippen LogP contribution in [0.2, 0.25) is 0 Å². The summed E-state index contributed by atoms with van der Waals surface area (Å²) in [7, 11) is 0. The molecule has 0 radical (unpaired) electrons. The average molecular weight is 279 g/mol. The molecule has 1 unspecified atom stereocenters. The number of hydrogen-bond acceptors (Lipinski definition) is 3. The van der Waals surface area contributed by atoms with Gasteiger partial charge in [-0.15, -0.1) is 0 Å². The van der Waals surface area contributed by atoms with Crippen LogP contribution in [-0.2, 0) is 4.79 Å². The van der Waals surface area contributed by atoms with Crippen molar-refractivity contribution >= 4 is 5.91 Å². The van der Waals surface area contributed by atoms with Crippen molar-refractivity contribution in [2.45, 2.75) is 69.9 Å². The number of nitrogens with zero attached hydrogens (tertiary/aromatic N) is 2. The summed E-state index contributed by atoms with van der Waals surface area (Å²) < 4.78 is 0. The fraction of sp³-hybridized carbons (Fsp3) is 0.938. The lowest BCUT2D eigenvalue weighted by Crippen LogP contribution is -2.44. The molecule has 3 fully saturated rings. The standard InChI is InChI=1S/C16H29N3O/c1-14-7-2-5-10-18(14)11-6-12-19-13-17-16(15(19)20)8-3-4-9-16/h14,17H,2-13H2,1H3. The smallest absolute Gasteiger partial charge is 0.243 e. The molecule has 1 atom stereocenters.